The third kappa shape index (κ3) is 5.39. The molecule has 2 aromatic heterocycles. The van der Waals surface area contributed by atoms with Crippen molar-refractivity contribution < 1.29 is 32.5 Å². The Labute approximate surface area is 241 Å². The molecule has 0 spiro atoms. The van der Waals surface area contributed by atoms with E-state index in [1.165, 1.54) is 14.0 Å². The van der Waals surface area contributed by atoms with Gasteiger partial charge in [-0.1, -0.05) is 12.1 Å². The number of aromatic nitrogens is 3. The zero-order valence-corrected chi connectivity index (χ0v) is 23.7. The summed E-state index contributed by atoms with van der Waals surface area (Å²) in [5.74, 6) is 0.810. The summed E-state index contributed by atoms with van der Waals surface area (Å²) >= 11 is 0. The summed E-state index contributed by atoms with van der Waals surface area (Å²) in [7, 11) is 3.08. The Hall–Kier alpha value is -4.16. The highest BCUT2D eigenvalue weighted by Crippen LogP contribution is 2.37. The average molecular weight is 584 g/mol. The number of benzene rings is 2. The molecule has 222 valence electrons. The molecule has 1 aliphatic heterocycles. The first kappa shape index (κ1) is 29.3. The van der Waals surface area contributed by atoms with E-state index in [1.54, 1.807) is 36.3 Å². The summed E-state index contributed by atoms with van der Waals surface area (Å²) in [6.07, 6.45) is -3.58. The lowest BCUT2D eigenvalue weighted by Crippen LogP contribution is -2.55. The summed E-state index contributed by atoms with van der Waals surface area (Å²) in [6, 6.07) is 13.4. The van der Waals surface area contributed by atoms with Gasteiger partial charge in [0.2, 0.25) is 0 Å². The minimum Gasteiger partial charge on any atom is -0.497 e. The van der Waals surface area contributed by atoms with Gasteiger partial charge in [-0.25, -0.2) is 9.50 Å². The highest BCUT2D eigenvalue weighted by atomic mass is 19.4. The van der Waals surface area contributed by atoms with Gasteiger partial charge in [0.15, 0.2) is 11.3 Å². The van der Waals surface area contributed by atoms with Crippen molar-refractivity contribution in [2.75, 3.05) is 40.5 Å². The molecule has 12 heteroatoms. The maximum atomic E-state index is 14.3. The predicted octanol–water partition coefficient (Wildman–Crippen LogP) is 4.62. The molecule has 9 nitrogen and oxygen atoms in total. The number of aliphatic hydroxyl groups is 1. The molecule has 2 aromatic carbocycles. The fourth-order valence-electron chi connectivity index (χ4n) is 5.57. The summed E-state index contributed by atoms with van der Waals surface area (Å²) in [5, 5.41) is 14.2. The molecule has 1 saturated heterocycles. The van der Waals surface area contributed by atoms with Crippen molar-refractivity contribution in [2.24, 2.45) is 0 Å². The van der Waals surface area contributed by atoms with Gasteiger partial charge in [0.1, 0.15) is 17.1 Å². The molecule has 42 heavy (non-hydrogen) atoms. The van der Waals surface area contributed by atoms with Crippen LogP contribution < -0.4 is 9.47 Å². The first-order valence-corrected chi connectivity index (χ1v) is 13.5. The van der Waals surface area contributed by atoms with Crippen molar-refractivity contribution in [3.63, 3.8) is 0 Å². The van der Waals surface area contributed by atoms with E-state index in [0.717, 1.165) is 11.8 Å². The van der Waals surface area contributed by atoms with Crippen molar-refractivity contribution in [3.8, 4) is 22.8 Å². The number of methoxy groups -OCH3 is 2. The minimum atomic E-state index is -4.74. The van der Waals surface area contributed by atoms with E-state index in [1.807, 2.05) is 31.2 Å². The number of carbonyl (C=O) groups is 1. The van der Waals surface area contributed by atoms with Crippen molar-refractivity contribution in [3.05, 3.63) is 77.1 Å². The van der Waals surface area contributed by atoms with Gasteiger partial charge in [-0.2, -0.15) is 18.3 Å². The fraction of sp³-hybridized carbons (Fsp3) is 0.367. The van der Waals surface area contributed by atoms with Gasteiger partial charge >= 0.3 is 6.18 Å². The van der Waals surface area contributed by atoms with Crippen molar-refractivity contribution >= 4 is 11.6 Å². The van der Waals surface area contributed by atoms with Crippen molar-refractivity contribution in [2.45, 2.75) is 32.1 Å². The number of hydrogen-bond donors (Lipinski definition) is 1. The molecule has 1 N–H and O–H groups in total. The average Bonchev–Trinajstić information content (AvgIpc) is 3.40. The molecule has 0 saturated carbocycles. The van der Waals surface area contributed by atoms with Crippen LogP contribution in [-0.4, -0.2) is 81.9 Å². The number of halogens is 3. The quantitative estimate of drug-likeness (QED) is 0.340. The molecule has 0 unspecified atom stereocenters. The molecule has 2 atom stereocenters. The van der Waals surface area contributed by atoms with Crippen LogP contribution >= 0.6 is 0 Å². The van der Waals surface area contributed by atoms with E-state index < -0.39 is 17.8 Å². The van der Waals surface area contributed by atoms with Crippen LogP contribution in [0.5, 0.6) is 11.5 Å². The highest BCUT2D eigenvalue weighted by molar-refractivity contribution is 6.00. The number of fused-ring (bicyclic) bond motifs is 1. The monoisotopic (exact) mass is 583 g/mol. The molecular formula is C30H32F3N5O4. The van der Waals surface area contributed by atoms with Crippen LogP contribution in [0.25, 0.3) is 16.9 Å². The number of hydrogen-bond acceptors (Lipinski definition) is 7. The summed E-state index contributed by atoms with van der Waals surface area (Å²) in [5.41, 5.74) is 0.220. The van der Waals surface area contributed by atoms with Crippen LogP contribution in [0.2, 0.25) is 0 Å². The standard InChI is InChI=1S/C30H32F3N5O4/c1-18-16-36(25(17-39)20-5-9-22(41-3)10-6-20)13-14-37(18)29(40)24-15-34-38-27(30(31,32)33)19(2)26(35-28(24)38)21-7-11-23(42-4)12-8-21/h5-12,15,18,25,39H,13-14,16-17H2,1-4H3/t18-,25+/m1/s1. The Balaban J connectivity index is 1.46. The maximum Gasteiger partial charge on any atom is 0.433 e. The Kier molecular flexibility index (Phi) is 8.11. The van der Waals surface area contributed by atoms with Crippen LogP contribution in [0.3, 0.4) is 0 Å². The number of rotatable bonds is 7. The molecular weight excluding hydrogens is 551 g/mol. The third-order valence-electron chi connectivity index (χ3n) is 7.78. The largest absolute Gasteiger partial charge is 0.497 e. The van der Waals surface area contributed by atoms with E-state index in [9.17, 15) is 23.1 Å². The van der Waals surface area contributed by atoms with Gasteiger partial charge in [-0.05, 0) is 55.8 Å². The zero-order chi connectivity index (χ0) is 30.2. The summed E-state index contributed by atoms with van der Waals surface area (Å²) in [6.45, 7) is 4.34. The second-order valence-corrected chi connectivity index (χ2v) is 10.3. The summed E-state index contributed by atoms with van der Waals surface area (Å²) < 4.78 is 54.1. The lowest BCUT2D eigenvalue weighted by Gasteiger charge is -2.43. The van der Waals surface area contributed by atoms with Crippen LogP contribution in [0.1, 0.15) is 40.1 Å². The zero-order valence-electron chi connectivity index (χ0n) is 23.7. The molecule has 0 radical (unpaired) electrons. The second-order valence-electron chi connectivity index (χ2n) is 10.3. The third-order valence-corrected chi connectivity index (χ3v) is 7.78. The number of nitrogens with zero attached hydrogens (tertiary/aromatic N) is 5. The van der Waals surface area contributed by atoms with Gasteiger partial charge in [-0.3, -0.25) is 9.69 Å². The van der Waals surface area contributed by atoms with Crippen LogP contribution in [0.15, 0.2) is 54.7 Å². The smallest absolute Gasteiger partial charge is 0.433 e. The topological polar surface area (TPSA) is 92.4 Å². The minimum absolute atomic E-state index is 0.00979. The molecule has 0 aliphatic carbocycles. The Morgan fingerprint density at radius 1 is 1.05 bits per heavy atom. The first-order valence-electron chi connectivity index (χ1n) is 13.5. The number of amides is 1. The predicted molar refractivity (Wildman–Crippen MR) is 150 cm³/mol. The van der Waals surface area contributed by atoms with Crippen molar-refractivity contribution in [1.82, 2.24) is 24.4 Å². The first-order chi connectivity index (χ1) is 20.1. The Bertz CT molecular complexity index is 1570. The number of piperazine rings is 1. The van der Waals surface area contributed by atoms with E-state index in [-0.39, 0.29) is 41.2 Å². The fourth-order valence-corrected chi connectivity index (χ4v) is 5.57. The Morgan fingerprint density at radius 3 is 2.21 bits per heavy atom. The number of ether oxygens (including phenoxy) is 2. The normalized spacial score (nSPS) is 17.0. The molecule has 3 heterocycles. The lowest BCUT2D eigenvalue weighted by molar-refractivity contribution is -0.143. The molecule has 0 bridgehead atoms. The SMILES string of the molecule is COc1ccc(-c2nc3c(C(=O)N4CCN([C@@H](CO)c5ccc(OC)cc5)C[C@H]4C)cnn3c(C(F)(F)F)c2C)cc1. The molecule has 1 fully saturated rings. The van der Waals surface area contributed by atoms with Crippen LogP contribution in [0.4, 0.5) is 13.2 Å². The van der Waals surface area contributed by atoms with Gasteiger partial charge in [0.25, 0.3) is 5.91 Å². The van der Waals surface area contributed by atoms with Gasteiger partial charge in [-0.15, -0.1) is 0 Å². The second kappa shape index (κ2) is 11.6. The van der Waals surface area contributed by atoms with Gasteiger partial charge in [0.05, 0.1) is 38.8 Å². The molecule has 5 rings (SSSR count). The van der Waals surface area contributed by atoms with E-state index in [4.69, 9.17) is 9.47 Å². The Morgan fingerprint density at radius 2 is 1.67 bits per heavy atom. The molecule has 1 aliphatic rings. The molecule has 1 amide bonds. The van der Waals surface area contributed by atoms with E-state index >= 15 is 0 Å². The highest BCUT2D eigenvalue weighted by Gasteiger charge is 2.39. The van der Waals surface area contributed by atoms with E-state index in [2.05, 4.69) is 15.0 Å². The number of carbonyl (C=O) groups excluding carboxylic acids is 1. The number of aliphatic hydroxyl groups excluding tert-OH is 1. The van der Waals surface area contributed by atoms with Crippen molar-refractivity contribution in [1.29, 1.82) is 0 Å². The summed E-state index contributed by atoms with van der Waals surface area (Å²) in [4.78, 5) is 22.1. The van der Waals surface area contributed by atoms with E-state index in [0.29, 0.717) is 41.2 Å². The number of alkyl halides is 3. The van der Waals surface area contributed by atoms with Crippen LogP contribution in [-0.2, 0) is 6.18 Å². The van der Waals surface area contributed by atoms with Gasteiger partial charge < -0.3 is 19.5 Å². The lowest BCUT2D eigenvalue weighted by atomic mass is 10.0. The van der Waals surface area contributed by atoms with Gasteiger partial charge in [0, 0.05) is 36.8 Å². The molecule has 4 aromatic rings. The maximum absolute atomic E-state index is 14.3. The van der Waals surface area contributed by atoms with Crippen LogP contribution in [0, 0.1) is 6.92 Å².